The lowest BCUT2D eigenvalue weighted by molar-refractivity contribution is -0.150. The van der Waals surface area contributed by atoms with Crippen LogP contribution in [0, 0.1) is 6.92 Å². The van der Waals surface area contributed by atoms with Crippen molar-refractivity contribution in [2.75, 3.05) is 13.7 Å². The zero-order valence-corrected chi connectivity index (χ0v) is 24.9. The number of carbonyl (C=O) groups excluding carboxylic acids is 4. The molecule has 2 aromatic rings. The zero-order chi connectivity index (χ0) is 30.1. The van der Waals surface area contributed by atoms with E-state index in [0.717, 1.165) is 11.1 Å². The SMILES string of the molecule is CCC(C)(C)N(C(=O)C(Cc1ccccc1)NC(=O)OC(C)(C)C)C(C(=O)NCC(=O)OC)c1cccc(C)c1. The molecule has 2 unspecified atom stereocenters. The first-order valence-electron chi connectivity index (χ1n) is 13.5. The molecule has 2 rings (SSSR count). The molecule has 0 spiro atoms. The van der Waals surface area contributed by atoms with Crippen LogP contribution in [0.5, 0.6) is 0 Å². The summed E-state index contributed by atoms with van der Waals surface area (Å²) in [5, 5.41) is 5.38. The van der Waals surface area contributed by atoms with Crippen LogP contribution in [-0.2, 0) is 30.3 Å². The van der Waals surface area contributed by atoms with Crippen LogP contribution in [-0.4, -0.2) is 59.6 Å². The van der Waals surface area contributed by atoms with Crippen molar-refractivity contribution in [3.05, 3.63) is 71.3 Å². The summed E-state index contributed by atoms with van der Waals surface area (Å²) in [5.41, 5.74) is 0.711. The van der Waals surface area contributed by atoms with Gasteiger partial charge in [-0.05, 0) is 59.1 Å². The average molecular weight is 554 g/mol. The van der Waals surface area contributed by atoms with E-state index in [2.05, 4.69) is 10.6 Å². The molecular formula is C31H43N3O6. The summed E-state index contributed by atoms with van der Waals surface area (Å²) in [7, 11) is 1.24. The molecule has 0 heterocycles. The van der Waals surface area contributed by atoms with Gasteiger partial charge in [-0.15, -0.1) is 0 Å². The molecule has 9 nitrogen and oxygen atoms in total. The second kappa shape index (κ2) is 14.0. The van der Waals surface area contributed by atoms with E-state index in [1.807, 2.05) is 76.2 Å². The minimum absolute atomic E-state index is 0.180. The van der Waals surface area contributed by atoms with Gasteiger partial charge < -0.3 is 25.0 Å². The number of rotatable bonds is 11. The number of aryl methyl sites for hydroxylation is 1. The Balaban J connectivity index is 2.64. The van der Waals surface area contributed by atoms with Gasteiger partial charge >= 0.3 is 12.1 Å². The number of methoxy groups -OCH3 is 1. The van der Waals surface area contributed by atoms with Gasteiger partial charge in [-0.1, -0.05) is 67.1 Å². The number of nitrogens with one attached hydrogen (secondary N) is 2. The van der Waals surface area contributed by atoms with Gasteiger partial charge in [0.25, 0.3) is 0 Å². The Morgan fingerprint density at radius 1 is 0.950 bits per heavy atom. The van der Waals surface area contributed by atoms with Crippen LogP contribution in [0.3, 0.4) is 0 Å². The predicted molar refractivity (Wildman–Crippen MR) is 153 cm³/mol. The zero-order valence-electron chi connectivity index (χ0n) is 24.9. The van der Waals surface area contributed by atoms with Crippen molar-refractivity contribution in [3.63, 3.8) is 0 Å². The summed E-state index contributed by atoms with van der Waals surface area (Å²) in [4.78, 5) is 54.6. The summed E-state index contributed by atoms with van der Waals surface area (Å²) in [5.74, 6) is -1.61. The van der Waals surface area contributed by atoms with Gasteiger partial charge in [0.2, 0.25) is 11.8 Å². The molecule has 0 fully saturated rings. The number of hydrogen-bond acceptors (Lipinski definition) is 6. The van der Waals surface area contributed by atoms with Crippen LogP contribution in [0.1, 0.15) is 70.7 Å². The molecule has 218 valence electrons. The number of hydrogen-bond donors (Lipinski definition) is 2. The number of benzene rings is 2. The minimum atomic E-state index is -1.09. The maximum absolute atomic E-state index is 14.5. The van der Waals surface area contributed by atoms with E-state index >= 15 is 0 Å². The summed E-state index contributed by atoms with van der Waals surface area (Å²) < 4.78 is 10.2. The topological polar surface area (TPSA) is 114 Å². The lowest BCUT2D eigenvalue weighted by Gasteiger charge is -2.44. The molecule has 0 aliphatic heterocycles. The van der Waals surface area contributed by atoms with Crippen LogP contribution in [0.4, 0.5) is 4.79 Å². The summed E-state index contributed by atoms with van der Waals surface area (Å²) in [6.45, 7) is 12.4. The smallest absolute Gasteiger partial charge is 0.408 e. The standard InChI is InChI=1S/C31H43N3O6/c1-9-31(6,7)34(26(23-17-13-14-21(2)18-23)27(36)32-20-25(35)39-8)28(37)24(19-22-15-11-10-12-16-22)33-29(38)40-30(3,4)5/h10-18,24,26H,9,19-20H2,1-8H3,(H,32,36)(H,33,38). The average Bonchev–Trinajstić information content (AvgIpc) is 2.88. The normalized spacial score (nSPS) is 13.0. The highest BCUT2D eigenvalue weighted by Crippen LogP contribution is 2.33. The second-order valence-corrected chi connectivity index (χ2v) is 11.4. The van der Waals surface area contributed by atoms with Gasteiger partial charge in [0.1, 0.15) is 24.2 Å². The van der Waals surface area contributed by atoms with Crippen LogP contribution >= 0.6 is 0 Å². The van der Waals surface area contributed by atoms with Gasteiger partial charge in [0.05, 0.1) is 7.11 Å². The van der Waals surface area contributed by atoms with E-state index in [1.54, 1.807) is 26.8 Å². The number of ether oxygens (including phenoxy) is 2. The van der Waals surface area contributed by atoms with E-state index < -0.39 is 47.1 Å². The Morgan fingerprint density at radius 2 is 1.60 bits per heavy atom. The number of alkyl carbamates (subject to hydrolysis) is 1. The van der Waals surface area contributed by atoms with Crippen LogP contribution in [0.2, 0.25) is 0 Å². The van der Waals surface area contributed by atoms with Crippen molar-refractivity contribution in [3.8, 4) is 0 Å². The van der Waals surface area contributed by atoms with Gasteiger partial charge in [0, 0.05) is 12.0 Å². The molecule has 0 bridgehead atoms. The van der Waals surface area contributed by atoms with E-state index in [-0.39, 0.29) is 13.0 Å². The number of amides is 3. The molecule has 0 aromatic heterocycles. The predicted octanol–water partition coefficient (Wildman–Crippen LogP) is 4.48. The highest BCUT2D eigenvalue weighted by atomic mass is 16.6. The van der Waals surface area contributed by atoms with Crippen LogP contribution in [0.15, 0.2) is 54.6 Å². The van der Waals surface area contributed by atoms with Crippen molar-refractivity contribution in [1.29, 1.82) is 0 Å². The Labute approximate surface area is 237 Å². The number of nitrogens with zero attached hydrogens (tertiary/aromatic N) is 1. The van der Waals surface area contributed by atoms with Gasteiger partial charge in [0.15, 0.2) is 0 Å². The lowest BCUT2D eigenvalue weighted by atomic mass is 9.90. The first-order valence-corrected chi connectivity index (χ1v) is 13.5. The molecule has 0 aliphatic rings. The van der Waals surface area contributed by atoms with Crippen molar-refractivity contribution < 1.29 is 28.7 Å². The highest BCUT2D eigenvalue weighted by molar-refractivity contribution is 5.93. The Hall–Kier alpha value is -3.88. The molecule has 0 saturated heterocycles. The van der Waals surface area contributed by atoms with Crippen molar-refractivity contribution in [2.45, 2.75) is 84.5 Å². The molecule has 0 radical (unpaired) electrons. The molecule has 40 heavy (non-hydrogen) atoms. The summed E-state index contributed by atoms with van der Waals surface area (Å²) >= 11 is 0. The second-order valence-electron chi connectivity index (χ2n) is 11.4. The van der Waals surface area contributed by atoms with Crippen molar-refractivity contribution in [2.24, 2.45) is 0 Å². The maximum Gasteiger partial charge on any atom is 0.408 e. The van der Waals surface area contributed by atoms with E-state index in [0.29, 0.717) is 12.0 Å². The fourth-order valence-corrected chi connectivity index (χ4v) is 4.20. The largest absolute Gasteiger partial charge is 0.468 e. The number of carbonyl (C=O) groups is 4. The lowest BCUT2D eigenvalue weighted by Crippen LogP contribution is -2.60. The minimum Gasteiger partial charge on any atom is -0.468 e. The Kier molecular flexibility index (Phi) is 11.3. The number of esters is 1. The third-order valence-corrected chi connectivity index (χ3v) is 6.53. The van der Waals surface area contributed by atoms with Crippen LogP contribution in [0.25, 0.3) is 0 Å². The van der Waals surface area contributed by atoms with E-state index in [4.69, 9.17) is 9.47 Å². The molecule has 0 aliphatic carbocycles. The van der Waals surface area contributed by atoms with Gasteiger partial charge in [-0.25, -0.2) is 4.79 Å². The Bertz CT molecular complexity index is 1170. The first kappa shape index (κ1) is 32.3. The molecule has 0 saturated carbocycles. The fourth-order valence-electron chi connectivity index (χ4n) is 4.20. The molecule has 3 amide bonds. The Morgan fingerprint density at radius 3 is 2.15 bits per heavy atom. The van der Waals surface area contributed by atoms with Crippen molar-refractivity contribution in [1.82, 2.24) is 15.5 Å². The van der Waals surface area contributed by atoms with Gasteiger partial charge in [-0.2, -0.15) is 0 Å². The highest BCUT2D eigenvalue weighted by Gasteiger charge is 2.43. The van der Waals surface area contributed by atoms with E-state index in [1.165, 1.54) is 12.0 Å². The summed E-state index contributed by atoms with van der Waals surface area (Å²) in [6.07, 6.45) is -0.0479. The quantitative estimate of drug-likeness (QED) is 0.397. The fraction of sp³-hybridized carbons (Fsp3) is 0.484. The van der Waals surface area contributed by atoms with E-state index in [9.17, 15) is 19.2 Å². The van der Waals surface area contributed by atoms with Crippen molar-refractivity contribution >= 4 is 23.9 Å². The van der Waals surface area contributed by atoms with Gasteiger partial charge in [-0.3, -0.25) is 14.4 Å². The summed E-state index contributed by atoms with van der Waals surface area (Å²) in [6, 6.07) is 14.5. The molecule has 2 atom stereocenters. The third kappa shape index (κ3) is 9.39. The monoisotopic (exact) mass is 553 g/mol. The maximum atomic E-state index is 14.5. The first-order chi connectivity index (χ1) is 18.7. The molecular weight excluding hydrogens is 510 g/mol. The molecule has 2 N–H and O–H groups in total. The molecule has 2 aromatic carbocycles. The molecule has 9 heteroatoms. The third-order valence-electron chi connectivity index (χ3n) is 6.53. The van der Waals surface area contributed by atoms with Crippen LogP contribution < -0.4 is 10.6 Å².